The fourth-order valence-corrected chi connectivity index (χ4v) is 2.04. The molecule has 7 heteroatoms. The van der Waals surface area contributed by atoms with Crippen LogP contribution in [0.3, 0.4) is 0 Å². The van der Waals surface area contributed by atoms with Crippen LogP contribution < -0.4 is 4.90 Å². The fraction of sp³-hybridized carbons (Fsp3) is 0.400. The minimum Gasteiger partial charge on any atom is -0.295 e. The summed E-state index contributed by atoms with van der Waals surface area (Å²) in [6.45, 7) is 1.94. The molecule has 1 aromatic heterocycles. The van der Waals surface area contributed by atoms with E-state index in [2.05, 4.69) is 4.98 Å². The van der Waals surface area contributed by atoms with Crippen molar-refractivity contribution in [1.29, 1.82) is 0 Å². The molecule has 1 aliphatic rings. The average molecular weight is 256 g/mol. The molecule has 1 fully saturated rings. The predicted octanol–water partition coefficient (Wildman–Crippen LogP) is 1.64. The van der Waals surface area contributed by atoms with Gasteiger partial charge in [-0.15, -0.1) is 11.6 Å². The van der Waals surface area contributed by atoms with Crippen LogP contribution in [0.15, 0.2) is 12.1 Å². The zero-order valence-electron chi connectivity index (χ0n) is 9.09. The summed E-state index contributed by atoms with van der Waals surface area (Å²) in [5.74, 6) is 0.312. The van der Waals surface area contributed by atoms with Gasteiger partial charge in [-0.1, -0.05) is 0 Å². The maximum atomic E-state index is 11.6. The van der Waals surface area contributed by atoms with Gasteiger partial charge in [-0.3, -0.25) is 19.8 Å². The van der Waals surface area contributed by atoms with Crippen LogP contribution in [-0.4, -0.2) is 27.7 Å². The number of aryl methyl sites for hydroxylation is 1. The van der Waals surface area contributed by atoms with E-state index in [9.17, 15) is 14.9 Å². The Labute approximate surface area is 102 Å². The van der Waals surface area contributed by atoms with Gasteiger partial charge in [-0.2, -0.15) is 0 Å². The summed E-state index contributed by atoms with van der Waals surface area (Å²) in [5.41, 5.74) is 0.237. The summed E-state index contributed by atoms with van der Waals surface area (Å²) >= 11 is 5.87. The highest BCUT2D eigenvalue weighted by Crippen LogP contribution is 2.25. The molecule has 0 saturated carbocycles. The molecule has 0 spiro atoms. The number of nitro groups is 1. The molecule has 2 heterocycles. The molecule has 1 atom stereocenters. The Kier molecular flexibility index (Phi) is 2.97. The second-order valence-corrected chi connectivity index (χ2v) is 4.45. The van der Waals surface area contributed by atoms with Gasteiger partial charge in [0, 0.05) is 19.0 Å². The minimum atomic E-state index is -0.498. The molecule has 0 aromatic carbocycles. The number of hydrogen-bond donors (Lipinski definition) is 0. The Balaban J connectivity index is 2.32. The van der Waals surface area contributed by atoms with Crippen LogP contribution in [0, 0.1) is 17.0 Å². The van der Waals surface area contributed by atoms with Crippen molar-refractivity contribution < 1.29 is 9.72 Å². The average Bonchev–Trinajstić information content (AvgIpc) is 2.57. The number of carbonyl (C=O) groups is 1. The van der Waals surface area contributed by atoms with Crippen molar-refractivity contribution in [2.45, 2.75) is 18.7 Å². The van der Waals surface area contributed by atoms with E-state index in [1.165, 1.54) is 17.0 Å². The molecule has 1 aliphatic heterocycles. The molecule has 1 unspecified atom stereocenters. The van der Waals surface area contributed by atoms with E-state index in [1.54, 1.807) is 6.92 Å². The summed E-state index contributed by atoms with van der Waals surface area (Å²) < 4.78 is 0. The van der Waals surface area contributed by atoms with E-state index in [-0.39, 0.29) is 23.4 Å². The third kappa shape index (κ3) is 2.21. The molecule has 0 bridgehead atoms. The molecule has 0 aliphatic carbocycles. The normalized spacial score (nSPS) is 19.8. The van der Waals surface area contributed by atoms with Crippen LogP contribution in [0.1, 0.15) is 12.1 Å². The predicted molar refractivity (Wildman–Crippen MR) is 62.2 cm³/mol. The molecule has 1 saturated heterocycles. The highest BCUT2D eigenvalue weighted by molar-refractivity contribution is 6.24. The summed E-state index contributed by atoms with van der Waals surface area (Å²) in [6, 6.07) is 2.82. The summed E-state index contributed by atoms with van der Waals surface area (Å²) in [7, 11) is 0. The number of pyridine rings is 1. The third-order valence-corrected chi connectivity index (χ3v) is 2.89. The lowest BCUT2D eigenvalue weighted by atomic mass is 10.3. The quantitative estimate of drug-likeness (QED) is 0.457. The number of rotatable bonds is 2. The van der Waals surface area contributed by atoms with E-state index in [0.29, 0.717) is 18.1 Å². The molecule has 0 radical (unpaired) electrons. The number of carbonyl (C=O) groups excluding carboxylic acids is 1. The number of hydrogen-bond acceptors (Lipinski definition) is 4. The molecule has 2 rings (SSSR count). The van der Waals surface area contributed by atoms with Crippen LogP contribution in [0.5, 0.6) is 0 Å². The SMILES string of the molecule is Cc1nc(N2CC(Cl)CC2=O)ccc1[N+](=O)[O-]. The largest absolute Gasteiger partial charge is 0.295 e. The fourth-order valence-electron chi connectivity index (χ4n) is 1.77. The molecule has 0 N–H and O–H groups in total. The van der Waals surface area contributed by atoms with Crippen LogP contribution >= 0.6 is 11.6 Å². The number of halogens is 1. The lowest BCUT2D eigenvalue weighted by Crippen LogP contribution is -2.25. The maximum absolute atomic E-state index is 11.6. The van der Waals surface area contributed by atoms with E-state index in [4.69, 9.17) is 11.6 Å². The first kappa shape index (κ1) is 11.8. The molecule has 1 amide bonds. The van der Waals surface area contributed by atoms with Gasteiger partial charge in [-0.05, 0) is 13.0 Å². The van der Waals surface area contributed by atoms with Crippen molar-refractivity contribution >= 4 is 29.0 Å². The highest BCUT2D eigenvalue weighted by Gasteiger charge is 2.30. The van der Waals surface area contributed by atoms with E-state index in [0.717, 1.165) is 0 Å². The van der Waals surface area contributed by atoms with Gasteiger partial charge in [0.1, 0.15) is 11.5 Å². The lowest BCUT2D eigenvalue weighted by molar-refractivity contribution is -0.385. The number of amides is 1. The number of nitrogens with zero attached hydrogens (tertiary/aromatic N) is 3. The molecule has 17 heavy (non-hydrogen) atoms. The van der Waals surface area contributed by atoms with Crippen LogP contribution in [0.2, 0.25) is 0 Å². The summed E-state index contributed by atoms with van der Waals surface area (Å²) in [6.07, 6.45) is 0.277. The monoisotopic (exact) mass is 255 g/mol. The minimum absolute atomic E-state index is 0.0529. The summed E-state index contributed by atoms with van der Waals surface area (Å²) in [5, 5.41) is 10.4. The van der Waals surface area contributed by atoms with Gasteiger partial charge in [0.15, 0.2) is 0 Å². The van der Waals surface area contributed by atoms with Crippen molar-refractivity contribution in [2.24, 2.45) is 0 Å². The van der Waals surface area contributed by atoms with Gasteiger partial charge in [-0.25, -0.2) is 4.98 Å². The van der Waals surface area contributed by atoms with Gasteiger partial charge < -0.3 is 0 Å². The Morgan fingerprint density at radius 1 is 1.59 bits per heavy atom. The van der Waals surface area contributed by atoms with E-state index in [1.807, 2.05) is 0 Å². The zero-order chi connectivity index (χ0) is 12.6. The van der Waals surface area contributed by atoms with Crippen molar-refractivity contribution in [2.75, 3.05) is 11.4 Å². The Bertz CT molecular complexity index is 492. The Morgan fingerprint density at radius 3 is 2.76 bits per heavy atom. The lowest BCUT2D eigenvalue weighted by Gasteiger charge is -2.14. The van der Waals surface area contributed by atoms with Crippen molar-refractivity contribution in [3.8, 4) is 0 Å². The van der Waals surface area contributed by atoms with Gasteiger partial charge in [0.2, 0.25) is 5.91 Å². The second-order valence-electron chi connectivity index (χ2n) is 3.84. The topological polar surface area (TPSA) is 76.3 Å². The number of alkyl halides is 1. The molecular formula is C10H10ClN3O3. The van der Waals surface area contributed by atoms with Gasteiger partial charge in [0.25, 0.3) is 5.69 Å². The van der Waals surface area contributed by atoms with Crippen LogP contribution in [0.25, 0.3) is 0 Å². The van der Waals surface area contributed by atoms with Crippen molar-refractivity contribution in [3.63, 3.8) is 0 Å². The van der Waals surface area contributed by atoms with E-state index < -0.39 is 4.92 Å². The number of anilines is 1. The highest BCUT2D eigenvalue weighted by atomic mass is 35.5. The Hall–Kier alpha value is -1.69. The van der Waals surface area contributed by atoms with Gasteiger partial charge >= 0.3 is 0 Å². The molecular weight excluding hydrogens is 246 g/mol. The second kappa shape index (κ2) is 4.29. The van der Waals surface area contributed by atoms with Crippen LogP contribution in [0.4, 0.5) is 11.5 Å². The molecule has 6 nitrogen and oxygen atoms in total. The standard InChI is InChI=1S/C10H10ClN3O3/c1-6-8(14(16)17)2-3-9(12-6)13-5-7(11)4-10(13)15/h2-3,7H,4-5H2,1H3. The summed E-state index contributed by atoms with van der Waals surface area (Å²) in [4.78, 5) is 27.2. The van der Waals surface area contributed by atoms with E-state index >= 15 is 0 Å². The first-order valence-corrected chi connectivity index (χ1v) is 5.49. The van der Waals surface area contributed by atoms with Gasteiger partial charge in [0.05, 0.1) is 10.3 Å². The smallest absolute Gasteiger partial charge is 0.290 e. The third-order valence-electron chi connectivity index (χ3n) is 2.59. The molecule has 1 aromatic rings. The Morgan fingerprint density at radius 2 is 2.29 bits per heavy atom. The van der Waals surface area contributed by atoms with Crippen LogP contribution in [-0.2, 0) is 4.79 Å². The first-order chi connectivity index (χ1) is 7.99. The van der Waals surface area contributed by atoms with Crippen molar-refractivity contribution in [3.05, 3.63) is 27.9 Å². The first-order valence-electron chi connectivity index (χ1n) is 5.05. The van der Waals surface area contributed by atoms with Crippen molar-refractivity contribution in [1.82, 2.24) is 4.98 Å². The zero-order valence-corrected chi connectivity index (χ0v) is 9.85. The maximum Gasteiger partial charge on any atom is 0.290 e. The molecule has 90 valence electrons. The number of aromatic nitrogens is 1.